The molecule has 2 rings (SSSR count). The van der Waals surface area contributed by atoms with Crippen molar-refractivity contribution in [2.75, 3.05) is 5.32 Å². The molecule has 0 saturated carbocycles. The van der Waals surface area contributed by atoms with Crippen LogP contribution >= 0.6 is 0 Å². The maximum Gasteiger partial charge on any atom is 0.338 e. The number of H-pyrrole nitrogens is 1. The second-order valence-corrected chi connectivity index (χ2v) is 4.00. The molecule has 0 unspecified atom stereocenters. The highest BCUT2D eigenvalue weighted by atomic mass is 16.4. The van der Waals surface area contributed by atoms with Crippen LogP contribution in [0.1, 0.15) is 32.4 Å². The zero-order valence-corrected chi connectivity index (χ0v) is 10.4. The Bertz CT molecular complexity index is 648. The molecule has 0 saturated heterocycles. The van der Waals surface area contributed by atoms with E-state index in [0.717, 1.165) is 0 Å². The van der Waals surface area contributed by atoms with Gasteiger partial charge < -0.3 is 10.4 Å². The lowest BCUT2D eigenvalue weighted by molar-refractivity contribution is 0.0697. The van der Waals surface area contributed by atoms with Crippen molar-refractivity contribution in [3.05, 3.63) is 41.0 Å². The number of aryl methyl sites for hydroxylation is 2. The number of aromatic amines is 1. The minimum atomic E-state index is -1.10. The lowest BCUT2D eigenvalue weighted by Crippen LogP contribution is -2.17. The van der Waals surface area contributed by atoms with Gasteiger partial charge in [0, 0.05) is 0 Å². The normalized spacial score (nSPS) is 10.2. The van der Waals surface area contributed by atoms with E-state index in [0.29, 0.717) is 11.4 Å². The highest BCUT2D eigenvalue weighted by Gasteiger charge is 2.17. The lowest BCUT2D eigenvalue weighted by Gasteiger charge is -2.08. The van der Waals surface area contributed by atoms with E-state index in [1.165, 1.54) is 6.07 Å². The Labute approximate surface area is 108 Å². The number of aromatic carboxylic acids is 1. The number of hydrogen-bond donors (Lipinski definition) is 3. The van der Waals surface area contributed by atoms with Crippen LogP contribution < -0.4 is 5.32 Å². The van der Waals surface area contributed by atoms with E-state index in [1.54, 1.807) is 26.0 Å². The molecule has 1 aromatic heterocycles. The van der Waals surface area contributed by atoms with E-state index in [9.17, 15) is 9.59 Å². The van der Waals surface area contributed by atoms with Crippen LogP contribution in [0.2, 0.25) is 0 Å². The highest BCUT2D eigenvalue weighted by molar-refractivity contribution is 6.06. The van der Waals surface area contributed by atoms with Gasteiger partial charge in [-0.2, -0.15) is 0 Å². The quantitative estimate of drug-likeness (QED) is 0.772. The minimum absolute atomic E-state index is 0.0321. The molecule has 2 aromatic rings. The van der Waals surface area contributed by atoms with Gasteiger partial charge in [-0.3, -0.25) is 9.89 Å². The molecule has 0 radical (unpaired) electrons. The zero-order chi connectivity index (χ0) is 14.0. The summed E-state index contributed by atoms with van der Waals surface area (Å²) in [5, 5.41) is 17.9. The van der Waals surface area contributed by atoms with Crippen molar-refractivity contribution in [3.63, 3.8) is 0 Å². The number of hydrogen-bond acceptors (Lipinski definition) is 4. The number of aromatic nitrogens is 3. The van der Waals surface area contributed by atoms with Gasteiger partial charge in [-0.25, -0.2) is 9.78 Å². The third-order valence-corrected chi connectivity index (χ3v) is 2.54. The van der Waals surface area contributed by atoms with Crippen molar-refractivity contribution in [1.82, 2.24) is 15.2 Å². The maximum absolute atomic E-state index is 11.9. The van der Waals surface area contributed by atoms with E-state index in [4.69, 9.17) is 5.11 Å². The van der Waals surface area contributed by atoms with Crippen LogP contribution in [0.4, 0.5) is 5.69 Å². The van der Waals surface area contributed by atoms with Crippen molar-refractivity contribution in [1.29, 1.82) is 0 Å². The number of amides is 1. The fourth-order valence-electron chi connectivity index (χ4n) is 1.68. The molecule has 7 heteroatoms. The first-order chi connectivity index (χ1) is 8.99. The second-order valence-electron chi connectivity index (χ2n) is 4.00. The van der Waals surface area contributed by atoms with Gasteiger partial charge in [0.2, 0.25) is 5.82 Å². The standard InChI is InChI=1S/C12H12N4O3/c1-6-4-3-5-8(9(6)12(18)19)14-11(17)10-13-7(2)15-16-10/h3-5H,1-2H3,(H,14,17)(H,18,19)(H,13,15,16). The fourth-order valence-corrected chi connectivity index (χ4v) is 1.68. The summed E-state index contributed by atoms with van der Waals surface area (Å²) in [7, 11) is 0. The number of benzene rings is 1. The molecular formula is C12H12N4O3. The highest BCUT2D eigenvalue weighted by Crippen LogP contribution is 2.19. The number of nitrogens with one attached hydrogen (secondary N) is 2. The second kappa shape index (κ2) is 4.89. The molecule has 0 aliphatic carbocycles. The molecule has 1 amide bonds. The van der Waals surface area contributed by atoms with Gasteiger partial charge in [0.25, 0.3) is 5.91 Å². The third-order valence-electron chi connectivity index (χ3n) is 2.54. The predicted octanol–water partition coefficient (Wildman–Crippen LogP) is 1.37. The Morgan fingerprint density at radius 2 is 2.05 bits per heavy atom. The number of carbonyl (C=O) groups is 2. The zero-order valence-electron chi connectivity index (χ0n) is 10.4. The van der Waals surface area contributed by atoms with Crippen LogP contribution in [-0.4, -0.2) is 32.2 Å². The van der Waals surface area contributed by atoms with Gasteiger partial charge in [-0.1, -0.05) is 12.1 Å². The number of carbonyl (C=O) groups excluding carboxylic acids is 1. The molecule has 0 fully saturated rings. The van der Waals surface area contributed by atoms with Gasteiger partial charge in [0.15, 0.2) is 0 Å². The molecule has 0 spiro atoms. The molecular weight excluding hydrogens is 248 g/mol. The average molecular weight is 260 g/mol. The Balaban J connectivity index is 2.31. The summed E-state index contributed by atoms with van der Waals surface area (Å²) >= 11 is 0. The first-order valence-corrected chi connectivity index (χ1v) is 5.52. The molecule has 0 aliphatic rings. The summed E-state index contributed by atoms with van der Waals surface area (Å²) < 4.78 is 0. The molecule has 0 aliphatic heterocycles. The van der Waals surface area contributed by atoms with Crippen molar-refractivity contribution >= 4 is 17.6 Å². The van der Waals surface area contributed by atoms with Crippen LogP contribution in [-0.2, 0) is 0 Å². The summed E-state index contributed by atoms with van der Waals surface area (Å²) in [4.78, 5) is 26.9. The van der Waals surface area contributed by atoms with Crippen molar-refractivity contribution in [2.24, 2.45) is 0 Å². The summed E-state index contributed by atoms with van der Waals surface area (Å²) in [5.41, 5.74) is 0.847. The molecule has 0 bridgehead atoms. The van der Waals surface area contributed by atoms with Gasteiger partial charge >= 0.3 is 5.97 Å². The van der Waals surface area contributed by atoms with E-state index >= 15 is 0 Å². The van der Waals surface area contributed by atoms with Gasteiger partial charge in [-0.15, -0.1) is 5.10 Å². The minimum Gasteiger partial charge on any atom is -0.478 e. The largest absolute Gasteiger partial charge is 0.478 e. The molecule has 3 N–H and O–H groups in total. The third kappa shape index (κ3) is 2.59. The first-order valence-electron chi connectivity index (χ1n) is 5.52. The van der Waals surface area contributed by atoms with Crippen LogP contribution in [0, 0.1) is 13.8 Å². The van der Waals surface area contributed by atoms with Crippen LogP contribution in [0.3, 0.4) is 0 Å². The first kappa shape index (κ1) is 12.7. The van der Waals surface area contributed by atoms with Crippen molar-refractivity contribution < 1.29 is 14.7 Å². The topological polar surface area (TPSA) is 108 Å². The van der Waals surface area contributed by atoms with Crippen LogP contribution in [0.25, 0.3) is 0 Å². The van der Waals surface area contributed by atoms with Crippen molar-refractivity contribution in [3.8, 4) is 0 Å². The van der Waals surface area contributed by atoms with Gasteiger partial charge in [0.1, 0.15) is 5.82 Å². The number of anilines is 1. The van der Waals surface area contributed by atoms with Crippen molar-refractivity contribution in [2.45, 2.75) is 13.8 Å². The fraction of sp³-hybridized carbons (Fsp3) is 0.167. The van der Waals surface area contributed by atoms with E-state index in [1.807, 2.05) is 0 Å². The average Bonchev–Trinajstić information content (AvgIpc) is 2.75. The summed E-state index contributed by atoms with van der Waals surface area (Å²) in [5.74, 6) is -1.18. The Morgan fingerprint density at radius 3 is 2.63 bits per heavy atom. The molecule has 19 heavy (non-hydrogen) atoms. The summed E-state index contributed by atoms with van der Waals surface area (Å²) in [6, 6.07) is 4.85. The molecule has 1 aromatic carbocycles. The number of rotatable bonds is 3. The molecule has 0 atom stereocenters. The Hall–Kier alpha value is -2.70. The van der Waals surface area contributed by atoms with Gasteiger partial charge in [0.05, 0.1) is 11.3 Å². The van der Waals surface area contributed by atoms with Gasteiger partial charge in [-0.05, 0) is 25.5 Å². The lowest BCUT2D eigenvalue weighted by atomic mass is 10.1. The predicted molar refractivity (Wildman–Crippen MR) is 67.2 cm³/mol. The van der Waals surface area contributed by atoms with Crippen LogP contribution in [0.15, 0.2) is 18.2 Å². The Morgan fingerprint density at radius 1 is 1.32 bits per heavy atom. The molecule has 1 heterocycles. The molecule has 98 valence electrons. The number of carboxylic acids is 1. The smallest absolute Gasteiger partial charge is 0.338 e. The van der Waals surface area contributed by atoms with Crippen LogP contribution in [0.5, 0.6) is 0 Å². The monoisotopic (exact) mass is 260 g/mol. The van der Waals surface area contributed by atoms with E-state index < -0.39 is 11.9 Å². The SMILES string of the molecule is Cc1nc(C(=O)Nc2cccc(C)c2C(=O)O)n[nH]1. The van der Waals surface area contributed by atoms with E-state index in [2.05, 4.69) is 20.5 Å². The maximum atomic E-state index is 11.9. The Kier molecular flexibility index (Phi) is 3.28. The number of carboxylic acid groups (broad SMARTS) is 1. The number of nitrogens with zero attached hydrogens (tertiary/aromatic N) is 2. The summed E-state index contributed by atoms with van der Waals surface area (Å²) in [6.45, 7) is 3.33. The summed E-state index contributed by atoms with van der Waals surface area (Å²) in [6.07, 6.45) is 0. The molecule has 7 nitrogen and oxygen atoms in total. The van der Waals surface area contributed by atoms with E-state index in [-0.39, 0.29) is 17.1 Å².